The van der Waals surface area contributed by atoms with Crippen LogP contribution in [0.4, 0.5) is 4.79 Å². The van der Waals surface area contributed by atoms with Crippen LogP contribution >= 0.6 is 0 Å². The van der Waals surface area contributed by atoms with Crippen molar-refractivity contribution in [1.82, 2.24) is 20.1 Å². The molecule has 3 heterocycles. The van der Waals surface area contributed by atoms with Gasteiger partial charge in [-0.05, 0) is 24.9 Å². The quantitative estimate of drug-likeness (QED) is 0.217. The van der Waals surface area contributed by atoms with Crippen LogP contribution in [0.15, 0.2) is 4.52 Å². The minimum absolute atomic E-state index is 0. The number of esters is 1. The fourth-order valence-corrected chi connectivity index (χ4v) is 3.12. The maximum Gasteiger partial charge on any atom is 1.00 e. The molecular formula is C11H13N4NaO8S. The number of carbonyl (C=O) groups excluding carboxylic acids is 2. The first kappa shape index (κ1) is 20.1. The number of nitrogens with zero attached hydrogens (tertiary/aromatic N) is 4. The third kappa shape index (κ3) is 4.12. The number of hydroxylamine groups is 2. The van der Waals surface area contributed by atoms with Crippen LogP contribution in [0.5, 0.6) is 0 Å². The summed E-state index contributed by atoms with van der Waals surface area (Å²) in [6.07, 6.45) is 0.735. The smallest absolute Gasteiger partial charge is 0.724 e. The molecule has 1 aromatic rings. The molecule has 0 aliphatic carbocycles. The van der Waals surface area contributed by atoms with Gasteiger partial charge in [0.1, 0.15) is 6.04 Å². The Hall–Kier alpha value is -1.25. The van der Waals surface area contributed by atoms with E-state index in [1.807, 2.05) is 0 Å². The molecule has 2 aliphatic rings. The van der Waals surface area contributed by atoms with Gasteiger partial charge in [0.15, 0.2) is 0 Å². The average Bonchev–Trinajstić information content (AvgIpc) is 3.08. The number of amides is 2. The summed E-state index contributed by atoms with van der Waals surface area (Å²) in [5, 5.41) is 4.05. The van der Waals surface area contributed by atoms with Gasteiger partial charge in [-0.2, -0.15) is 14.3 Å². The fraction of sp³-hybridized carbons (Fsp3) is 0.636. The molecule has 0 aromatic carbocycles. The van der Waals surface area contributed by atoms with Crippen LogP contribution in [-0.4, -0.2) is 64.3 Å². The van der Waals surface area contributed by atoms with Crippen LogP contribution in [0.1, 0.15) is 42.3 Å². The molecule has 2 amide bonds. The molecule has 2 saturated heterocycles. The molecule has 2 fully saturated rings. The second-order valence-corrected chi connectivity index (χ2v) is 6.13. The van der Waals surface area contributed by atoms with E-state index in [1.165, 1.54) is 4.90 Å². The molecule has 0 saturated carbocycles. The van der Waals surface area contributed by atoms with Crippen LogP contribution < -0.4 is 29.6 Å². The first-order chi connectivity index (χ1) is 11.3. The van der Waals surface area contributed by atoms with E-state index in [-0.39, 0.29) is 54.4 Å². The molecule has 12 nitrogen and oxygen atoms in total. The van der Waals surface area contributed by atoms with Crippen LogP contribution in [-0.2, 0) is 19.4 Å². The monoisotopic (exact) mass is 384 g/mol. The Balaban J connectivity index is 0.00000225. The molecule has 14 heteroatoms. The Labute approximate surface area is 164 Å². The largest absolute Gasteiger partial charge is 1.00 e. The van der Waals surface area contributed by atoms with Crippen LogP contribution in [0.25, 0.3) is 0 Å². The van der Waals surface area contributed by atoms with Gasteiger partial charge in [0.05, 0.1) is 12.6 Å². The Morgan fingerprint density at radius 2 is 2.16 bits per heavy atom. The third-order valence-corrected chi connectivity index (χ3v) is 4.02. The van der Waals surface area contributed by atoms with Crippen molar-refractivity contribution < 1.29 is 65.7 Å². The third-order valence-electron chi connectivity index (χ3n) is 3.68. The minimum Gasteiger partial charge on any atom is -0.724 e. The summed E-state index contributed by atoms with van der Waals surface area (Å²) in [5.41, 5.74) is 0. The van der Waals surface area contributed by atoms with E-state index in [2.05, 4.69) is 14.4 Å². The van der Waals surface area contributed by atoms with Gasteiger partial charge in [0.2, 0.25) is 16.3 Å². The first-order valence-electron chi connectivity index (χ1n) is 7.06. The topological polar surface area (TPSA) is 155 Å². The number of aromatic nitrogens is 2. The summed E-state index contributed by atoms with van der Waals surface area (Å²) in [6, 6.07) is -2.00. The van der Waals surface area contributed by atoms with Gasteiger partial charge < -0.3 is 18.7 Å². The first-order valence-corrected chi connectivity index (χ1v) is 8.39. The zero-order valence-electron chi connectivity index (χ0n) is 13.4. The van der Waals surface area contributed by atoms with Gasteiger partial charge >= 0.3 is 41.6 Å². The fourth-order valence-electron chi connectivity index (χ4n) is 2.73. The Kier molecular flexibility index (Phi) is 6.06. The van der Waals surface area contributed by atoms with Gasteiger partial charge in [-0.1, -0.05) is 0 Å². The van der Waals surface area contributed by atoms with E-state index >= 15 is 0 Å². The van der Waals surface area contributed by atoms with Gasteiger partial charge in [-0.25, -0.2) is 18.0 Å². The second kappa shape index (κ2) is 7.55. The molecule has 3 rings (SSSR count). The molecule has 0 unspecified atom stereocenters. The molecule has 132 valence electrons. The molecule has 2 atom stereocenters. The van der Waals surface area contributed by atoms with Crippen LogP contribution in [0, 0.1) is 0 Å². The van der Waals surface area contributed by atoms with Crippen molar-refractivity contribution in [3.8, 4) is 0 Å². The Morgan fingerprint density at radius 1 is 1.44 bits per heavy atom. The van der Waals surface area contributed by atoms with E-state index < -0.39 is 34.5 Å². The van der Waals surface area contributed by atoms with Crippen molar-refractivity contribution in [1.29, 1.82) is 0 Å². The predicted molar refractivity (Wildman–Crippen MR) is 70.7 cm³/mol. The van der Waals surface area contributed by atoms with E-state index in [0.29, 0.717) is 17.9 Å². The van der Waals surface area contributed by atoms with Crippen LogP contribution in [0.3, 0.4) is 0 Å². The second-order valence-electron chi connectivity index (χ2n) is 5.17. The van der Waals surface area contributed by atoms with Crippen molar-refractivity contribution in [2.24, 2.45) is 0 Å². The zero-order valence-corrected chi connectivity index (χ0v) is 16.3. The van der Waals surface area contributed by atoms with Crippen molar-refractivity contribution in [2.45, 2.75) is 31.8 Å². The summed E-state index contributed by atoms with van der Waals surface area (Å²) >= 11 is 0. The summed E-state index contributed by atoms with van der Waals surface area (Å²) in [4.78, 5) is 29.0. The number of piperidine rings is 1. The van der Waals surface area contributed by atoms with E-state index in [0.717, 1.165) is 0 Å². The van der Waals surface area contributed by atoms with Crippen molar-refractivity contribution in [2.75, 3.05) is 13.2 Å². The number of ether oxygens (including phenoxy) is 1. The number of fused-ring (bicyclic) bond motifs is 2. The summed E-state index contributed by atoms with van der Waals surface area (Å²) < 4.78 is 46.2. The standard InChI is InChI=1S/C11H14N4O8S.Na/c1-2-21-10(16)8-12-9(22-13-8)7-4-3-6-5-14(7)11(17)15(6)23-24(18,19)20;/h6-7H,2-5H2,1H3,(H,18,19,20);/q;+1/p-1/t6-,7-;/m1./s1. The maximum atomic E-state index is 12.2. The van der Waals surface area contributed by atoms with E-state index in [9.17, 15) is 22.6 Å². The van der Waals surface area contributed by atoms with E-state index in [1.54, 1.807) is 6.92 Å². The van der Waals surface area contributed by atoms with Crippen molar-refractivity contribution >= 4 is 22.4 Å². The molecule has 2 bridgehead atoms. The molecule has 25 heavy (non-hydrogen) atoms. The average molecular weight is 384 g/mol. The minimum atomic E-state index is -5.06. The van der Waals surface area contributed by atoms with Crippen molar-refractivity contribution in [3.63, 3.8) is 0 Å². The summed E-state index contributed by atoms with van der Waals surface area (Å²) in [7, 11) is -5.06. The maximum absolute atomic E-state index is 12.2. The number of urea groups is 1. The summed E-state index contributed by atoms with van der Waals surface area (Å²) in [5.74, 6) is -0.996. The Morgan fingerprint density at radius 3 is 2.80 bits per heavy atom. The number of carbonyl (C=O) groups is 2. The molecule has 2 aliphatic heterocycles. The Bertz CT molecular complexity index is 768. The zero-order chi connectivity index (χ0) is 17.5. The molecular weight excluding hydrogens is 371 g/mol. The molecule has 0 radical (unpaired) electrons. The molecule has 0 spiro atoms. The molecule has 1 aromatic heterocycles. The van der Waals surface area contributed by atoms with Gasteiger partial charge in [-0.3, -0.25) is 0 Å². The molecule has 0 N–H and O–H groups in total. The predicted octanol–water partition coefficient (Wildman–Crippen LogP) is -3.42. The number of hydrogen-bond acceptors (Lipinski definition) is 10. The number of rotatable bonds is 5. The normalized spacial score (nSPS) is 22.7. The van der Waals surface area contributed by atoms with Gasteiger partial charge in [-0.15, -0.1) is 0 Å². The van der Waals surface area contributed by atoms with Crippen LogP contribution in [0.2, 0.25) is 0 Å². The van der Waals surface area contributed by atoms with Gasteiger partial charge in [0, 0.05) is 6.54 Å². The number of hydrogen-bond donors (Lipinski definition) is 0. The summed E-state index contributed by atoms with van der Waals surface area (Å²) in [6.45, 7) is 1.91. The van der Waals surface area contributed by atoms with Gasteiger partial charge in [0.25, 0.3) is 5.82 Å². The van der Waals surface area contributed by atoms with E-state index in [4.69, 9.17) is 9.26 Å². The SMILES string of the molecule is CCOC(=O)c1noc([C@H]2CC[C@@H]3CN2C(=O)N3OS(=O)(=O)[O-])n1.[Na+]. The van der Waals surface area contributed by atoms with Crippen molar-refractivity contribution in [3.05, 3.63) is 11.7 Å².